The molecule has 1 rings (SSSR count). The second-order valence-corrected chi connectivity index (χ2v) is 12.4. The summed E-state index contributed by atoms with van der Waals surface area (Å²) in [4.78, 5) is 4.53. The van der Waals surface area contributed by atoms with Crippen molar-refractivity contribution in [2.45, 2.75) is 96.7 Å². The first-order chi connectivity index (χ1) is 10.9. The molecule has 1 aromatic heterocycles. The Morgan fingerprint density at radius 3 is 1.74 bits per heavy atom. The summed E-state index contributed by atoms with van der Waals surface area (Å²) in [7, 11) is -1.77. The van der Waals surface area contributed by atoms with E-state index in [1.54, 1.807) is 6.07 Å². The summed E-state index contributed by atoms with van der Waals surface area (Å²) in [5.41, 5.74) is 0. The molecule has 0 bridgehead atoms. The van der Waals surface area contributed by atoms with Gasteiger partial charge in [-0.3, -0.25) is 4.98 Å². The summed E-state index contributed by atoms with van der Waals surface area (Å²) in [6, 6.07) is 3.56. The van der Waals surface area contributed by atoms with E-state index in [2.05, 4.69) is 38.8 Å². The highest BCUT2D eigenvalue weighted by Crippen LogP contribution is 2.51. The molecule has 1 aromatic rings. The van der Waals surface area contributed by atoms with Gasteiger partial charge in [-0.15, -0.1) is 0 Å². The summed E-state index contributed by atoms with van der Waals surface area (Å²) in [6.45, 7) is 11.8. The molecule has 0 aromatic carbocycles. The average Bonchev–Trinajstić information content (AvgIpc) is 2.54. The number of pyridine rings is 1. The summed E-state index contributed by atoms with van der Waals surface area (Å²) < 4.78 is 13.3. The lowest BCUT2D eigenvalue weighted by Gasteiger charge is -2.46. The van der Waals surface area contributed by atoms with Gasteiger partial charge >= 0.3 is 0 Å². The van der Waals surface area contributed by atoms with E-state index in [4.69, 9.17) is 0 Å². The lowest BCUT2D eigenvalue weighted by Crippen LogP contribution is -2.54. The van der Waals surface area contributed by atoms with Gasteiger partial charge in [0.15, 0.2) is 0 Å². The zero-order chi connectivity index (χ0) is 17.3. The maximum Gasteiger partial charge on any atom is 0.141 e. The predicted molar refractivity (Wildman–Crippen MR) is 103 cm³/mol. The monoisotopic (exact) mass is 337 g/mol. The molecule has 0 aliphatic rings. The lowest BCUT2D eigenvalue weighted by atomic mass is 9.89. The number of rotatable bonds is 11. The van der Waals surface area contributed by atoms with Crippen LogP contribution in [0.15, 0.2) is 18.3 Å². The summed E-state index contributed by atoms with van der Waals surface area (Å²) in [6.07, 6.45) is 13.0. The van der Waals surface area contributed by atoms with Crippen LogP contribution in [0.2, 0.25) is 18.1 Å². The molecule has 23 heavy (non-hydrogen) atoms. The minimum Gasteiger partial charge on any atom is -0.263 e. The first-order valence-corrected chi connectivity index (χ1v) is 12.6. The summed E-state index contributed by atoms with van der Waals surface area (Å²) >= 11 is 0. The van der Waals surface area contributed by atoms with Gasteiger partial charge in [-0.1, -0.05) is 72.4 Å². The third-order valence-corrected chi connectivity index (χ3v) is 10.7. The molecule has 1 nitrogen and oxygen atoms in total. The van der Waals surface area contributed by atoms with Gasteiger partial charge in [-0.2, -0.15) is 0 Å². The first kappa shape index (κ1) is 20.3. The van der Waals surface area contributed by atoms with E-state index in [-0.39, 0.29) is 5.82 Å². The fourth-order valence-electron chi connectivity index (χ4n) is 3.88. The number of nitrogens with zero attached hydrogens (tertiary/aromatic N) is 1. The molecule has 132 valence electrons. The summed E-state index contributed by atoms with van der Waals surface area (Å²) in [5.74, 6) is -0.222. The van der Waals surface area contributed by atoms with E-state index in [1.165, 1.54) is 69.3 Å². The zero-order valence-electron chi connectivity index (χ0n) is 15.9. The van der Waals surface area contributed by atoms with Crippen molar-refractivity contribution >= 4 is 13.4 Å². The highest BCUT2D eigenvalue weighted by atomic mass is 28.3. The van der Waals surface area contributed by atoms with Crippen molar-refractivity contribution in [1.82, 2.24) is 4.98 Å². The molecule has 0 aliphatic carbocycles. The molecule has 0 amide bonds. The normalized spacial score (nSPS) is 12.6. The molecule has 0 spiro atoms. The van der Waals surface area contributed by atoms with Crippen LogP contribution in [0.3, 0.4) is 0 Å². The Morgan fingerprint density at radius 1 is 0.913 bits per heavy atom. The molecule has 3 heteroatoms. The molecule has 0 atom stereocenters. The number of hydrogen-bond acceptors (Lipinski definition) is 1. The van der Waals surface area contributed by atoms with Crippen LogP contribution in [-0.4, -0.2) is 13.1 Å². The van der Waals surface area contributed by atoms with Crippen molar-refractivity contribution < 1.29 is 4.39 Å². The van der Waals surface area contributed by atoms with E-state index in [1.807, 2.05) is 6.07 Å². The Hall–Kier alpha value is -0.703. The molecule has 1 heterocycles. The van der Waals surface area contributed by atoms with E-state index in [0.717, 1.165) is 0 Å². The van der Waals surface area contributed by atoms with Crippen LogP contribution in [0, 0.1) is 5.82 Å². The first-order valence-electron chi connectivity index (χ1n) is 9.55. The van der Waals surface area contributed by atoms with Gasteiger partial charge < -0.3 is 0 Å². The van der Waals surface area contributed by atoms with Gasteiger partial charge in [0.1, 0.15) is 13.9 Å². The third kappa shape index (κ3) is 5.14. The van der Waals surface area contributed by atoms with Crippen LogP contribution in [0.4, 0.5) is 4.39 Å². The van der Waals surface area contributed by atoms with Crippen molar-refractivity contribution in [2.24, 2.45) is 0 Å². The Bertz CT molecular complexity index is 420. The molecular formula is C20H36FNSi. The number of hydrogen-bond donors (Lipinski definition) is 0. The van der Waals surface area contributed by atoms with Crippen molar-refractivity contribution in [3.63, 3.8) is 0 Å². The molecule has 0 N–H and O–H groups in total. The third-order valence-electron chi connectivity index (χ3n) is 5.72. The fourth-order valence-corrected chi connectivity index (χ4v) is 7.71. The van der Waals surface area contributed by atoms with Crippen LogP contribution < -0.4 is 5.32 Å². The Morgan fingerprint density at radius 2 is 1.39 bits per heavy atom. The van der Waals surface area contributed by atoms with Crippen LogP contribution >= 0.6 is 0 Å². The Labute approximate surface area is 144 Å². The second kappa shape index (κ2) is 9.56. The van der Waals surface area contributed by atoms with E-state index in [0.29, 0.717) is 5.04 Å². The Kier molecular flexibility index (Phi) is 8.45. The highest BCUT2D eigenvalue weighted by Gasteiger charge is 2.46. The molecule has 0 fully saturated rings. The smallest absolute Gasteiger partial charge is 0.141 e. The number of halogens is 1. The number of aromatic nitrogens is 1. The maximum absolute atomic E-state index is 13.3. The largest absolute Gasteiger partial charge is 0.263 e. The van der Waals surface area contributed by atoms with Crippen LogP contribution in [0.25, 0.3) is 0 Å². The van der Waals surface area contributed by atoms with E-state index < -0.39 is 8.07 Å². The fraction of sp³-hybridized carbons (Fsp3) is 0.750. The van der Waals surface area contributed by atoms with Crippen molar-refractivity contribution in [3.05, 3.63) is 24.1 Å². The van der Waals surface area contributed by atoms with Crippen LogP contribution in [0.1, 0.15) is 78.6 Å². The molecule has 0 unspecified atom stereocenters. The molecule has 0 aliphatic heterocycles. The average molecular weight is 338 g/mol. The Balaban J connectivity index is 3.21. The molecule has 0 radical (unpaired) electrons. The standard InChI is InChI=1S/C20H36FNSi/c1-6-9-14-20(15-10-7-2,16-11-8-3)23(4,5)19-13-12-18(21)17-22-19/h12-13,17H,6-11,14-16H2,1-5H3. The van der Waals surface area contributed by atoms with Gasteiger partial charge in [-0.05, 0) is 36.4 Å². The van der Waals surface area contributed by atoms with Crippen LogP contribution in [-0.2, 0) is 0 Å². The zero-order valence-corrected chi connectivity index (χ0v) is 16.9. The van der Waals surface area contributed by atoms with Gasteiger partial charge in [0.2, 0.25) is 0 Å². The van der Waals surface area contributed by atoms with Crippen molar-refractivity contribution in [2.75, 3.05) is 0 Å². The number of unbranched alkanes of at least 4 members (excludes halogenated alkanes) is 3. The lowest BCUT2D eigenvalue weighted by molar-refractivity contribution is 0.388. The molecule has 0 saturated carbocycles. The molecule has 0 saturated heterocycles. The highest BCUT2D eigenvalue weighted by molar-refractivity contribution is 6.91. The van der Waals surface area contributed by atoms with E-state index in [9.17, 15) is 4.39 Å². The van der Waals surface area contributed by atoms with Gasteiger partial charge in [0.25, 0.3) is 0 Å². The van der Waals surface area contributed by atoms with Crippen molar-refractivity contribution in [1.29, 1.82) is 0 Å². The van der Waals surface area contributed by atoms with E-state index >= 15 is 0 Å². The molecular weight excluding hydrogens is 301 g/mol. The van der Waals surface area contributed by atoms with Crippen molar-refractivity contribution in [3.8, 4) is 0 Å². The second-order valence-electron chi connectivity index (χ2n) is 7.58. The van der Waals surface area contributed by atoms with Gasteiger partial charge in [0.05, 0.1) is 6.20 Å². The maximum atomic E-state index is 13.3. The van der Waals surface area contributed by atoms with Gasteiger partial charge in [-0.25, -0.2) is 4.39 Å². The SMILES string of the molecule is CCCCC(CCCC)(CCCC)[Si](C)(C)c1ccc(F)cn1. The predicted octanol–water partition coefficient (Wildman–Crippen LogP) is 6.45. The van der Waals surface area contributed by atoms with Crippen LogP contribution in [0.5, 0.6) is 0 Å². The minimum absolute atomic E-state index is 0.222. The summed E-state index contributed by atoms with van der Waals surface area (Å²) in [5, 5.41) is 1.59. The topological polar surface area (TPSA) is 12.9 Å². The quantitative estimate of drug-likeness (QED) is 0.423. The minimum atomic E-state index is -1.77. The van der Waals surface area contributed by atoms with Gasteiger partial charge in [0, 0.05) is 5.32 Å².